The normalized spacial score (nSPS) is 13.6. The van der Waals surface area contributed by atoms with Crippen LogP contribution in [-0.4, -0.2) is 49.8 Å². The Labute approximate surface area is 332 Å². The number of nitrogens with one attached hydrogen (secondary N) is 4. The van der Waals surface area contributed by atoms with Gasteiger partial charge in [0.15, 0.2) is 12.2 Å². The minimum atomic E-state index is -0.880. The molecule has 2 unspecified atom stereocenters. The molecule has 4 N–H and O–H groups in total. The quantitative estimate of drug-likeness (QED) is 0.0840. The summed E-state index contributed by atoms with van der Waals surface area (Å²) < 4.78 is 12.1. The lowest BCUT2D eigenvalue weighted by molar-refractivity contribution is -0.123. The summed E-state index contributed by atoms with van der Waals surface area (Å²) in [6, 6.07) is 50.3. The summed E-state index contributed by atoms with van der Waals surface area (Å²) in [4.78, 5) is 40.5. The maximum Gasteiger partial charge on any atom is 0.408 e. The monoisotopic (exact) mass is 756 g/mol. The molecule has 0 saturated heterocycles. The van der Waals surface area contributed by atoms with Gasteiger partial charge in [0.2, 0.25) is 5.91 Å². The third-order valence-corrected chi connectivity index (χ3v) is 10.6. The van der Waals surface area contributed by atoms with Crippen LogP contribution in [0.4, 0.5) is 9.59 Å². The van der Waals surface area contributed by atoms with Crippen LogP contribution in [0.25, 0.3) is 22.3 Å². The lowest BCUT2D eigenvalue weighted by atomic mass is 10.1. The van der Waals surface area contributed by atoms with Crippen molar-refractivity contribution in [3.8, 4) is 22.3 Å². The molecule has 0 radical (unpaired) electrons. The van der Waals surface area contributed by atoms with Crippen molar-refractivity contribution in [2.75, 3.05) is 19.6 Å². The molecule has 2 aliphatic carbocycles. The van der Waals surface area contributed by atoms with Gasteiger partial charge in [0.25, 0.3) is 0 Å². The van der Waals surface area contributed by atoms with Gasteiger partial charge in [-0.3, -0.25) is 4.79 Å². The van der Waals surface area contributed by atoms with Crippen molar-refractivity contribution < 1.29 is 23.9 Å². The predicted molar refractivity (Wildman–Crippen MR) is 220 cm³/mol. The molecule has 3 amide bonds. The molecule has 9 nitrogen and oxygen atoms in total. The molecule has 2 aliphatic rings. The number of ether oxygens (including phenoxy) is 2. The van der Waals surface area contributed by atoms with Crippen molar-refractivity contribution in [3.63, 3.8) is 0 Å². The first-order chi connectivity index (χ1) is 28.0. The van der Waals surface area contributed by atoms with Crippen molar-refractivity contribution in [2.24, 2.45) is 0 Å². The summed E-state index contributed by atoms with van der Waals surface area (Å²) in [5.74, 6) is -0.330. The van der Waals surface area contributed by atoms with Crippen molar-refractivity contribution in [2.45, 2.75) is 37.1 Å². The number of carbonyl (C=O) groups is 3. The van der Waals surface area contributed by atoms with Crippen molar-refractivity contribution in [1.29, 1.82) is 0 Å². The second-order valence-corrected chi connectivity index (χ2v) is 14.3. The molecule has 0 saturated carbocycles. The number of hydrogen-bond donors (Lipinski definition) is 4. The number of fused-ring (bicyclic) bond motifs is 6. The fraction of sp³-hybridized carbons (Fsp3) is 0.188. The maximum atomic E-state index is 13.7. The molecule has 0 aliphatic heterocycles. The Morgan fingerprint density at radius 2 is 0.895 bits per heavy atom. The van der Waals surface area contributed by atoms with Crippen molar-refractivity contribution in [3.05, 3.63) is 191 Å². The van der Waals surface area contributed by atoms with E-state index in [0.717, 1.165) is 55.6 Å². The average molecular weight is 757 g/mol. The molecule has 286 valence electrons. The van der Waals surface area contributed by atoms with Crippen LogP contribution in [0, 0.1) is 0 Å². The van der Waals surface area contributed by atoms with Crippen LogP contribution in [0.2, 0.25) is 0 Å². The summed E-state index contributed by atoms with van der Waals surface area (Å²) in [6.45, 7) is 1.01. The molecule has 8 rings (SSSR count). The second-order valence-electron chi connectivity index (χ2n) is 14.3. The first kappa shape index (κ1) is 37.2. The highest BCUT2D eigenvalue weighted by Crippen LogP contribution is 2.46. The zero-order valence-electron chi connectivity index (χ0n) is 31.4. The molecule has 9 heteroatoms. The number of alkyl carbamates (subject to hydrolysis) is 2. The molecule has 0 fully saturated rings. The number of amides is 3. The lowest BCUT2D eigenvalue weighted by Gasteiger charge is -2.23. The zero-order chi connectivity index (χ0) is 39.0. The largest absolute Gasteiger partial charge is 0.436 e. The molecule has 57 heavy (non-hydrogen) atoms. The molecule has 0 bridgehead atoms. The summed E-state index contributed by atoms with van der Waals surface area (Å²) in [5, 5.41) is 12.3. The van der Waals surface area contributed by atoms with E-state index in [-0.39, 0.29) is 24.9 Å². The number of carbonyl (C=O) groups excluding carboxylic acids is 3. The summed E-state index contributed by atoms with van der Waals surface area (Å²) in [6.07, 6.45) is -1.34. The van der Waals surface area contributed by atoms with E-state index in [9.17, 15) is 14.4 Å². The Kier molecular flexibility index (Phi) is 11.4. The van der Waals surface area contributed by atoms with E-state index in [1.165, 1.54) is 0 Å². The Morgan fingerprint density at radius 3 is 1.39 bits per heavy atom. The van der Waals surface area contributed by atoms with E-state index < -0.39 is 30.4 Å². The van der Waals surface area contributed by atoms with Crippen LogP contribution in [0.1, 0.15) is 45.6 Å². The van der Waals surface area contributed by atoms with Gasteiger partial charge in [-0.15, -0.1) is 0 Å². The van der Waals surface area contributed by atoms with Crippen LogP contribution >= 0.6 is 0 Å². The van der Waals surface area contributed by atoms with Gasteiger partial charge in [-0.1, -0.05) is 158 Å². The molecule has 0 heterocycles. The number of benzene rings is 6. The van der Waals surface area contributed by atoms with E-state index in [1.807, 2.05) is 146 Å². The van der Waals surface area contributed by atoms with Gasteiger partial charge in [-0.2, -0.15) is 0 Å². The highest BCUT2D eigenvalue weighted by molar-refractivity contribution is 5.86. The first-order valence-electron chi connectivity index (χ1n) is 19.4. The van der Waals surface area contributed by atoms with Crippen LogP contribution in [-0.2, 0) is 27.1 Å². The Hall–Kier alpha value is -6.71. The van der Waals surface area contributed by atoms with Gasteiger partial charge in [0.1, 0.15) is 6.04 Å². The maximum absolute atomic E-state index is 13.7. The summed E-state index contributed by atoms with van der Waals surface area (Å²) in [5.41, 5.74) is 9.94. The van der Waals surface area contributed by atoms with E-state index >= 15 is 0 Å². The van der Waals surface area contributed by atoms with E-state index in [4.69, 9.17) is 9.47 Å². The molecular formula is C48H44N4O5. The molecule has 6 aromatic rings. The topological polar surface area (TPSA) is 118 Å². The molecule has 0 aromatic heterocycles. The first-order valence-corrected chi connectivity index (χ1v) is 19.4. The molecule has 0 spiro atoms. The van der Waals surface area contributed by atoms with E-state index in [0.29, 0.717) is 19.5 Å². The number of hydrogen-bond acceptors (Lipinski definition) is 6. The third-order valence-electron chi connectivity index (χ3n) is 10.6. The number of rotatable bonds is 14. The average Bonchev–Trinajstić information content (AvgIpc) is 3.73. The van der Waals surface area contributed by atoms with Gasteiger partial charge >= 0.3 is 12.2 Å². The van der Waals surface area contributed by atoms with Crippen LogP contribution in [0.5, 0.6) is 0 Å². The minimum Gasteiger partial charge on any atom is -0.436 e. The van der Waals surface area contributed by atoms with E-state index in [2.05, 4.69) is 33.4 Å². The lowest BCUT2D eigenvalue weighted by Crippen LogP contribution is -2.50. The van der Waals surface area contributed by atoms with Crippen LogP contribution in [0.15, 0.2) is 158 Å². The fourth-order valence-electron chi connectivity index (χ4n) is 7.87. The Morgan fingerprint density at radius 1 is 0.474 bits per heavy atom. The minimum absolute atomic E-state index is 0.162. The predicted octanol–water partition coefficient (Wildman–Crippen LogP) is 7.91. The highest BCUT2D eigenvalue weighted by Gasteiger charge is 2.33. The van der Waals surface area contributed by atoms with Gasteiger partial charge in [0, 0.05) is 54.4 Å². The molecular weight excluding hydrogens is 713 g/mol. The summed E-state index contributed by atoms with van der Waals surface area (Å²) >= 11 is 0. The summed E-state index contributed by atoms with van der Waals surface area (Å²) in [7, 11) is 0. The van der Waals surface area contributed by atoms with Gasteiger partial charge in [0.05, 0.1) is 0 Å². The van der Waals surface area contributed by atoms with Crippen LogP contribution < -0.4 is 21.3 Å². The van der Waals surface area contributed by atoms with Gasteiger partial charge in [-0.25, -0.2) is 9.59 Å². The SMILES string of the molecule is O=C(NCC(Cc1ccccc1)NCCNC(=O)C(Cc1ccccc1)NC(=O)OC1c2ccccc2-c2ccccc21)OC1c2ccccc2-c2ccccc21. The smallest absolute Gasteiger partial charge is 0.408 e. The molecule has 2 atom stereocenters. The van der Waals surface area contributed by atoms with Gasteiger partial charge < -0.3 is 30.7 Å². The van der Waals surface area contributed by atoms with Crippen molar-refractivity contribution in [1.82, 2.24) is 21.3 Å². The highest BCUT2D eigenvalue weighted by atomic mass is 16.6. The Bertz CT molecular complexity index is 2260. The standard InChI is InChI=1S/C48H44N4O5/c53-46(43(30-33-17-5-2-6-18-33)52-48(55)57-45-41-25-13-9-21-37(41)38-22-10-14-26-42(38)45)50-28-27-49-34(29-32-15-3-1-4-16-32)31-51-47(54)56-44-39-23-11-7-19-35(39)36-20-8-12-24-40(36)44/h1-26,34,43-45,49H,27-31H2,(H,50,53)(H,51,54)(H,52,55). The zero-order valence-corrected chi connectivity index (χ0v) is 31.4. The van der Waals surface area contributed by atoms with Crippen LogP contribution in [0.3, 0.4) is 0 Å². The van der Waals surface area contributed by atoms with Gasteiger partial charge in [-0.05, 0) is 39.8 Å². The second kappa shape index (κ2) is 17.4. The molecule has 6 aromatic carbocycles. The van der Waals surface area contributed by atoms with E-state index in [1.54, 1.807) is 0 Å². The third kappa shape index (κ3) is 8.59. The van der Waals surface area contributed by atoms with Crippen molar-refractivity contribution >= 4 is 18.1 Å². The fourth-order valence-corrected chi connectivity index (χ4v) is 7.87. The Balaban J connectivity index is 0.885.